The van der Waals surface area contributed by atoms with Crippen molar-refractivity contribution in [2.45, 2.75) is 44.6 Å². The fourth-order valence-electron chi connectivity index (χ4n) is 3.57. The minimum absolute atomic E-state index is 0.422. The van der Waals surface area contributed by atoms with Crippen molar-refractivity contribution in [1.82, 2.24) is 4.90 Å². The van der Waals surface area contributed by atoms with Crippen LogP contribution in [0, 0.1) is 11.3 Å². The van der Waals surface area contributed by atoms with E-state index in [-0.39, 0.29) is 0 Å². The summed E-state index contributed by atoms with van der Waals surface area (Å²) < 4.78 is 0. The summed E-state index contributed by atoms with van der Waals surface area (Å²) in [6, 6.07) is 0.947. The molecule has 1 N–H and O–H groups in total. The largest absolute Gasteiger partial charge is 0.396 e. The Morgan fingerprint density at radius 1 is 1.21 bits per heavy atom. The van der Waals surface area contributed by atoms with Gasteiger partial charge in [0, 0.05) is 19.2 Å². The van der Waals surface area contributed by atoms with E-state index in [1.807, 2.05) is 0 Å². The summed E-state index contributed by atoms with van der Waals surface area (Å²) in [5, 5.41) is 9.18. The van der Waals surface area contributed by atoms with E-state index in [1.54, 1.807) is 0 Å². The smallest absolute Gasteiger partial charge is 0.0459 e. The van der Waals surface area contributed by atoms with Crippen LogP contribution >= 0.6 is 0 Å². The SMILES string of the molecule is OC[C@@H]1CC[C@]2(CCN(C3CC3)C2)C1. The molecule has 2 atom stereocenters. The number of nitrogens with zero attached hydrogens (tertiary/aromatic N) is 1. The van der Waals surface area contributed by atoms with Crippen LogP contribution in [-0.2, 0) is 0 Å². The minimum Gasteiger partial charge on any atom is -0.396 e. The fraction of sp³-hybridized carbons (Fsp3) is 1.00. The summed E-state index contributed by atoms with van der Waals surface area (Å²) in [4.78, 5) is 2.71. The first-order valence-corrected chi connectivity index (χ1v) is 6.16. The summed E-state index contributed by atoms with van der Waals surface area (Å²) >= 11 is 0. The first-order chi connectivity index (χ1) is 6.81. The van der Waals surface area contributed by atoms with E-state index in [9.17, 15) is 5.11 Å². The average Bonchev–Trinajstić information content (AvgIpc) is 2.87. The van der Waals surface area contributed by atoms with Gasteiger partial charge in [-0.1, -0.05) is 0 Å². The van der Waals surface area contributed by atoms with Crippen molar-refractivity contribution in [3.8, 4) is 0 Å². The number of aliphatic hydroxyl groups is 1. The first kappa shape index (κ1) is 9.17. The fourth-order valence-corrected chi connectivity index (χ4v) is 3.57. The molecule has 2 saturated carbocycles. The zero-order chi connectivity index (χ0) is 9.60. The monoisotopic (exact) mass is 195 g/mol. The summed E-state index contributed by atoms with van der Waals surface area (Å²) in [5.41, 5.74) is 0.621. The number of hydrogen-bond acceptors (Lipinski definition) is 2. The molecule has 0 aromatic carbocycles. The molecule has 0 radical (unpaired) electrons. The van der Waals surface area contributed by atoms with Crippen LogP contribution in [0.3, 0.4) is 0 Å². The third-order valence-electron chi connectivity index (χ3n) is 4.59. The highest BCUT2D eigenvalue weighted by molar-refractivity contribution is 4.99. The summed E-state index contributed by atoms with van der Waals surface area (Å²) in [7, 11) is 0. The lowest BCUT2D eigenvalue weighted by atomic mass is 9.84. The zero-order valence-corrected chi connectivity index (χ0v) is 8.91. The van der Waals surface area contributed by atoms with Gasteiger partial charge >= 0.3 is 0 Å². The summed E-state index contributed by atoms with van der Waals surface area (Å²) in [5.74, 6) is 0.620. The van der Waals surface area contributed by atoms with E-state index in [0.29, 0.717) is 17.9 Å². The van der Waals surface area contributed by atoms with E-state index in [2.05, 4.69) is 4.90 Å². The molecule has 1 aliphatic heterocycles. The van der Waals surface area contributed by atoms with Crippen LogP contribution in [0.1, 0.15) is 38.5 Å². The van der Waals surface area contributed by atoms with Gasteiger partial charge in [-0.2, -0.15) is 0 Å². The molecule has 0 bridgehead atoms. The van der Waals surface area contributed by atoms with Crippen molar-refractivity contribution in [2.75, 3.05) is 19.7 Å². The lowest BCUT2D eigenvalue weighted by molar-refractivity contribution is 0.203. The molecule has 1 heterocycles. The predicted molar refractivity (Wildman–Crippen MR) is 56.1 cm³/mol. The quantitative estimate of drug-likeness (QED) is 0.724. The second-order valence-corrected chi connectivity index (χ2v) is 5.74. The molecular weight excluding hydrogens is 174 g/mol. The topological polar surface area (TPSA) is 23.5 Å². The molecule has 14 heavy (non-hydrogen) atoms. The van der Waals surface area contributed by atoms with Gasteiger partial charge in [0.2, 0.25) is 0 Å². The van der Waals surface area contributed by atoms with Gasteiger partial charge < -0.3 is 5.11 Å². The summed E-state index contributed by atoms with van der Waals surface area (Å²) in [6.45, 7) is 3.10. The Kier molecular flexibility index (Phi) is 2.10. The second kappa shape index (κ2) is 3.21. The van der Waals surface area contributed by atoms with E-state index in [1.165, 1.54) is 51.6 Å². The molecule has 1 saturated heterocycles. The predicted octanol–water partition coefficient (Wildman–Crippen LogP) is 1.63. The number of rotatable bonds is 2. The number of likely N-dealkylation sites (tertiary alicyclic amines) is 1. The molecule has 2 heteroatoms. The maximum absolute atomic E-state index is 9.18. The van der Waals surface area contributed by atoms with Crippen LogP contribution in [0.5, 0.6) is 0 Å². The van der Waals surface area contributed by atoms with Crippen molar-refractivity contribution in [1.29, 1.82) is 0 Å². The van der Waals surface area contributed by atoms with Crippen molar-refractivity contribution >= 4 is 0 Å². The van der Waals surface area contributed by atoms with Crippen molar-refractivity contribution in [3.05, 3.63) is 0 Å². The standard InChI is InChI=1S/C12H21NO/c14-8-10-3-4-12(7-10)5-6-13(9-12)11-1-2-11/h10-11,14H,1-9H2/t10-,12+/m1/s1. The normalized spacial score (nSPS) is 43.9. The molecule has 1 spiro atoms. The van der Waals surface area contributed by atoms with Crippen LogP contribution in [0.15, 0.2) is 0 Å². The van der Waals surface area contributed by atoms with Gasteiger partial charge in [0.05, 0.1) is 0 Å². The molecule has 0 amide bonds. The van der Waals surface area contributed by atoms with E-state index < -0.39 is 0 Å². The molecule has 2 nitrogen and oxygen atoms in total. The van der Waals surface area contributed by atoms with E-state index in [4.69, 9.17) is 0 Å². The summed E-state index contributed by atoms with van der Waals surface area (Å²) in [6.07, 6.45) is 8.24. The zero-order valence-electron chi connectivity index (χ0n) is 8.91. The minimum atomic E-state index is 0.422. The maximum atomic E-state index is 9.18. The highest BCUT2D eigenvalue weighted by Gasteiger charge is 2.46. The Labute approximate surface area is 86.3 Å². The molecule has 2 aliphatic carbocycles. The van der Waals surface area contributed by atoms with Gasteiger partial charge in [-0.3, -0.25) is 4.90 Å². The molecule has 3 aliphatic rings. The Balaban J connectivity index is 1.63. The highest BCUT2D eigenvalue weighted by Crippen LogP contribution is 2.49. The van der Waals surface area contributed by atoms with E-state index in [0.717, 1.165) is 6.04 Å². The highest BCUT2D eigenvalue weighted by atomic mass is 16.3. The molecular formula is C12H21NO. The van der Waals surface area contributed by atoms with Crippen molar-refractivity contribution < 1.29 is 5.11 Å². The number of hydrogen-bond donors (Lipinski definition) is 1. The third-order valence-corrected chi connectivity index (χ3v) is 4.59. The van der Waals surface area contributed by atoms with Crippen LogP contribution in [0.25, 0.3) is 0 Å². The van der Waals surface area contributed by atoms with Crippen molar-refractivity contribution in [2.24, 2.45) is 11.3 Å². The second-order valence-electron chi connectivity index (χ2n) is 5.74. The average molecular weight is 195 g/mol. The lowest BCUT2D eigenvalue weighted by Gasteiger charge is -2.24. The lowest BCUT2D eigenvalue weighted by Crippen LogP contribution is -2.27. The Morgan fingerprint density at radius 2 is 2.07 bits per heavy atom. The van der Waals surface area contributed by atoms with Gasteiger partial charge in [-0.05, 0) is 56.4 Å². The molecule has 3 rings (SSSR count). The Bertz CT molecular complexity index is 226. The van der Waals surface area contributed by atoms with Gasteiger partial charge in [-0.15, -0.1) is 0 Å². The number of aliphatic hydroxyl groups excluding tert-OH is 1. The Morgan fingerprint density at radius 3 is 2.71 bits per heavy atom. The molecule has 80 valence electrons. The van der Waals surface area contributed by atoms with Gasteiger partial charge in [-0.25, -0.2) is 0 Å². The Hall–Kier alpha value is -0.0800. The first-order valence-electron chi connectivity index (χ1n) is 6.16. The van der Waals surface area contributed by atoms with Crippen LogP contribution in [0.2, 0.25) is 0 Å². The van der Waals surface area contributed by atoms with Gasteiger partial charge in [0.1, 0.15) is 0 Å². The van der Waals surface area contributed by atoms with Crippen molar-refractivity contribution in [3.63, 3.8) is 0 Å². The molecule has 0 aromatic rings. The molecule has 3 fully saturated rings. The van der Waals surface area contributed by atoms with Gasteiger partial charge in [0.25, 0.3) is 0 Å². The van der Waals surface area contributed by atoms with Gasteiger partial charge in [0.15, 0.2) is 0 Å². The van der Waals surface area contributed by atoms with Crippen LogP contribution in [0.4, 0.5) is 0 Å². The van der Waals surface area contributed by atoms with Crippen LogP contribution < -0.4 is 0 Å². The molecule has 0 unspecified atom stereocenters. The third kappa shape index (κ3) is 1.49. The maximum Gasteiger partial charge on any atom is 0.0459 e. The van der Waals surface area contributed by atoms with E-state index >= 15 is 0 Å². The molecule has 0 aromatic heterocycles. The van der Waals surface area contributed by atoms with Crippen LogP contribution in [-0.4, -0.2) is 35.7 Å².